The number of nitrogens with one attached hydrogen (secondary N) is 1. The van der Waals surface area contributed by atoms with E-state index in [0.29, 0.717) is 16.0 Å². The smallest absolute Gasteiger partial charge is 0.284 e. The molecule has 11 heteroatoms. The Bertz CT molecular complexity index is 1160. The summed E-state index contributed by atoms with van der Waals surface area (Å²) < 4.78 is 10.7. The third-order valence-electron chi connectivity index (χ3n) is 4.14. The van der Waals surface area contributed by atoms with Crippen LogP contribution >= 0.6 is 11.8 Å². The Kier molecular flexibility index (Phi) is 4.51. The lowest BCUT2D eigenvalue weighted by atomic mass is 10.1. The van der Waals surface area contributed by atoms with Crippen molar-refractivity contribution in [3.05, 3.63) is 51.8 Å². The number of furan rings is 1. The highest BCUT2D eigenvalue weighted by molar-refractivity contribution is 8.26. The molecule has 0 unspecified atom stereocenters. The number of carbonyl (C=O) groups is 1. The van der Waals surface area contributed by atoms with E-state index in [1.807, 2.05) is 0 Å². The number of fused-ring (bicyclic) bond motifs is 1. The van der Waals surface area contributed by atoms with E-state index in [9.17, 15) is 14.9 Å². The van der Waals surface area contributed by atoms with Crippen LogP contribution in [0.4, 0.5) is 5.69 Å². The first-order chi connectivity index (χ1) is 13.9. The Hall–Kier alpha value is -3.73. The van der Waals surface area contributed by atoms with E-state index in [0.717, 1.165) is 0 Å². The number of methoxy groups -OCH3 is 1. The molecule has 0 spiro atoms. The third-order valence-corrected chi connectivity index (χ3v) is 4.96. The highest BCUT2D eigenvalue weighted by Crippen LogP contribution is 2.35. The Morgan fingerprint density at radius 2 is 2.14 bits per heavy atom. The molecule has 0 bridgehead atoms. The minimum Gasteiger partial charge on any atom is -0.497 e. The van der Waals surface area contributed by atoms with Gasteiger partial charge in [-0.1, -0.05) is 0 Å². The standard InChI is InChI=1S/C18H13N5O5S/c1-9-21-22-16(19)13(17(24)20-18(22)29-9)7-11-4-6-15(28-11)12-5-3-10(27-2)8-14(12)23(25)26/h3-8,19H,1-2H3/b13-7-,19-16?. The average Bonchev–Trinajstić information content (AvgIpc) is 3.30. The van der Waals surface area contributed by atoms with Crippen LogP contribution in [0.15, 0.2) is 50.4 Å². The number of amides is 1. The number of nitrogens with zero attached hydrogens (tertiary/aromatic N) is 4. The van der Waals surface area contributed by atoms with Crippen molar-refractivity contribution in [2.75, 3.05) is 7.11 Å². The molecule has 1 N–H and O–H groups in total. The zero-order chi connectivity index (χ0) is 20.7. The number of thioether (sulfide) groups is 1. The topological polar surface area (TPSA) is 134 Å². The van der Waals surface area contributed by atoms with Gasteiger partial charge in [-0.2, -0.15) is 15.1 Å². The summed E-state index contributed by atoms with van der Waals surface area (Å²) >= 11 is 1.21. The zero-order valence-electron chi connectivity index (χ0n) is 15.2. The summed E-state index contributed by atoms with van der Waals surface area (Å²) in [5.74, 6) is 0.161. The van der Waals surface area contributed by atoms with E-state index in [1.165, 1.54) is 42.1 Å². The Morgan fingerprint density at radius 1 is 1.34 bits per heavy atom. The lowest BCUT2D eigenvalue weighted by Gasteiger charge is -2.19. The van der Waals surface area contributed by atoms with E-state index >= 15 is 0 Å². The van der Waals surface area contributed by atoms with Crippen molar-refractivity contribution in [1.82, 2.24) is 5.01 Å². The lowest BCUT2D eigenvalue weighted by molar-refractivity contribution is -0.384. The van der Waals surface area contributed by atoms with Gasteiger partial charge in [0, 0.05) is 0 Å². The number of ether oxygens (including phenoxy) is 1. The predicted octanol–water partition coefficient (Wildman–Crippen LogP) is 3.50. The first-order valence-electron chi connectivity index (χ1n) is 8.27. The van der Waals surface area contributed by atoms with E-state index in [4.69, 9.17) is 14.6 Å². The van der Waals surface area contributed by atoms with Gasteiger partial charge >= 0.3 is 0 Å². The summed E-state index contributed by atoms with van der Waals surface area (Å²) in [5.41, 5.74) is 0.104. The Balaban J connectivity index is 1.70. The molecule has 29 heavy (non-hydrogen) atoms. The molecule has 0 saturated heterocycles. The molecule has 2 aromatic rings. The van der Waals surface area contributed by atoms with Crippen LogP contribution in [0.5, 0.6) is 5.75 Å². The second-order valence-electron chi connectivity index (χ2n) is 5.98. The number of hydrazone groups is 1. The number of amidine groups is 2. The summed E-state index contributed by atoms with van der Waals surface area (Å²) in [7, 11) is 1.42. The molecular formula is C18H13N5O5S. The highest BCUT2D eigenvalue weighted by atomic mass is 32.2. The normalized spacial score (nSPS) is 17.3. The van der Waals surface area contributed by atoms with Crippen molar-refractivity contribution in [2.45, 2.75) is 6.92 Å². The maximum atomic E-state index is 12.3. The second kappa shape index (κ2) is 7.02. The number of benzene rings is 1. The van der Waals surface area contributed by atoms with Gasteiger partial charge in [0.15, 0.2) is 5.84 Å². The van der Waals surface area contributed by atoms with Crippen LogP contribution in [0.2, 0.25) is 0 Å². The molecule has 1 aromatic carbocycles. The monoisotopic (exact) mass is 411 g/mol. The maximum absolute atomic E-state index is 12.3. The molecule has 0 aliphatic carbocycles. The van der Waals surface area contributed by atoms with Gasteiger partial charge in [0.1, 0.15) is 17.3 Å². The molecule has 1 aromatic heterocycles. The molecule has 0 fully saturated rings. The van der Waals surface area contributed by atoms with Gasteiger partial charge in [0.2, 0.25) is 5.17 Å². The van der Waals surface area contributed by atoms with E-state index < -0.39 is 10.8 Å². The average molecular weight is 411 g/mol. The van der Waals surface area contributed by atoms with Crippen LogP contribution in [0.3, 0.4) is 0 Å². The first kappa shape index (κ1) is 18.6. The van der Waals surface area contributed by atoms with Crippen molar-refractivity contribution in [1.29, 1.82) is 5.41 Å². The van der Waals surface area contributed by atoms with Crippen LogP contribution in [-0.2, 0) is 4.79 Å². The number of carbonyl (C=O) groups excluding carboxylic acids is 1. The van der Waals surface area contributed by atoms with Gasteiger partial charge < -0.3 is 9.15 Å². The number of nitro benzene ring substituents is 1. The zero-order valence-corrected chi connectivity index (χ0v) is 16.0. The van der Waals surface area contributed by atoms with E-state index in [1.54, 1.807) is 25.1 Å². The van der Waals surface area contributed by atoms with Crippen molar-refractivity contribution in [3.8, 4) is 17.1 Å². The Morgan fingerprint density at radius 3 is 2.86 bits per heavy atom. The van der Waals surface area contributed by atoms with Gasteiger partial charge in [-0.05, 0) is 49.0 Å². The Labute approximate surface area is 168 Å². The number of nitro groups is 1. The summed E-state index contributed by atoms with van der Waals surface area (Å²) in [6, 6.07) is 7.53. The second-order valence-corrected chi connectivity index (χ2v) is 7.14. The summed E-state index contributed by atoms with van der Waals surface area (Å²) in [5, 5.41) is 26.1. The molecule has 0 radical (unpaired) electrons. The number of hydrogen-bond acceptors (Lipinski definition) is 8. The van der Waals surface area contributed by atoms with Crippen LogP contribution in [0.1, 0.15) is 12.7 Å². The number of rotatable bonds is 4. The molecule has 3 heterocycles. The van der Waals surface area contributed by atoms with Gasteiger partial charge in [-0.15, -0.1) is 0 Å². The summed E-state index contributed by atoms with van der Waals surface area (Å²) in [6.45, 7) is 1.76. The quantitative estimate of drug-likeness (QED) is 0.462. The van der Waals surface area contributed by atoms with E-state index in [2.05, 4.69) is 10.1 Å². The fraction of sp³-hybridized carbons (Fsp3) is 0.111. The van der Waals surface area contributed by atoms with Gasteiger partial charge in [0.05, 0.1) is 34.3 Å². The maximum Gasteiger partial charge on any atom is 0.284 e. The fourth-order valence-electron chi connectivity index (χ4n) is 2.80. The van der Waals surface area contributed by atoms with Crippen LogP contribution in [0, 0.1) is 15.5 Å². The summed E-state index contributed by atoms with van der Waals surface area (Å²) in [4.78, 5) is 27.1. The molecule has 0 atom stereocenters. The number of hydrogen-bond donors (Lipinski definition) is 1. The molecule has 0 saturated carbocycles. The molecule has 146 valence electrons. The van der Waals surface area contributed by atoms with Crippen molar-refractivity contribution in [2.24, 2.45) is 10.1 Å². The molecular weight excluding hydrogens is 398 g/mol. The largest absolute Gasteiger partial charge is 0.497 e. The van der Waals surface area contributed by atoms with Crippen molar-refractivity contribution >= 4 is 45.5 Å². The van der Waals surface area contributed by atoms with Crippen LogP contribution < -0.4 is 4.74 Å². The van der Waals surface area contributed by atoms with Crippen LogP contribution in [-0.4, -0.2) is 39.0 Å². The van der Waals surface area contributed by atoms with Gasteiger partial charge in [-0.3, -0.25) is 20.3 Å². The van der Waals surface area contributed by atoms with E-state index in [-0.39, 0.29) is 34.2 Å². The minimum atomic E-state index is -0.577. The molecule has 1 amide bonds. The van der Waals surface area contributed by atoms with Crippen molar-refractivity contribution in [3.63, 3.8) is 0 Å². The lowest BCUT2D eigenvalue weighted by Crippen LogP contribution is -2.35. The number of aliphatic imine (C=N–C) groups is 1. The molecule has 2 aliphatic heterocycles. The SMILES string of the molecule is COc1ccc(-c2ccc(/C=C3/C(=N)N4N=C(C)SC4=NC3=O)o2)c([N+](=O)[O-])c1. The van der Waals surface area contributed by atoms with Gasteiger partial charge in [0.25, 0.3) is 11.6 Å². The molecule has 4 rings (SSSR count). The summed E-state index contributed by atoms with van der Waals surface area (Å²) in [6.07, 6.45) is 1.37. The predicted molar refractivity (Wildman–Crippen MR) is 108 cm³/mol. The highest BCUT2D eigenvalue weighted by Gasteiger charge is 2.34. The minimum absolute atomic E-state index is 0.0120. The third kappa shape index (κ3) is 3.31. The van der Waals surface area contributed by atoms with Gasteiger partial charge in [-0.25, -0.2) is 0 Å². The van der Waals surface area contributed by atoms with Crippen LogP contribution in [0.25, 0.3) is 17.4 Å². The fourth-order valence-corrected chi connectivity index (χ4v) is 3.54. The van der Waals surface area contributed by atoms with Crippen molar-refractivity contribution < 1.29 is 18.9 Å². The molecule has 10 nitrogen and oxygen atoms in total. The molecule has 2 aliphatic rings. The first-order valence-corrected chi connectivity index (χ1v) is 9.08.